The van der Waals surface area contributed by atoms with Gasteiger partial charge in [-0.1, -0.05) is 0 Å². The van der Waals surface area contributed by atoms with Crippen molar-refractivity contribution in [3.63, 3.8) is 0 Å². The molecule has 0 saturated heterocycles. The van der Waals surface area contributed by atoms with Crippen LogP contribution < -0.4 is 24.8 Å². The fourth-order valence-electron chi connectivity index (χ4n) is 8.82. The Morgan fingerprint density at radius 2 is 0.906 bits per heavy atom. The SMILES string of the molecule is Cc1ccc(-c2c(C)ccc3c2C=C(c2ccc(C)o2)[CH]3[Zr+2](=[C]2CCC2)[CH]2C(c3ccc(C)o3)=Cc3c2ccc(C)c3-c2ccc(C)cc2)cc1.[Cl-].[Cl-]. The van der Waals surface area contributed by atoms with Crippen molar-refractivity contribution in [1.82, 2.24) is 0 Å². The third-order valence-electron chi connectivity index (χ3n) is 11.5. The predicted octanol–water partition coefficient (Wildman–Crippen LogP) is 6.93. The van der Waals surface area contributed by atoms with Crippen LogP contribution in [0.25, 0.3) is 45.6 Å². The summed E-state index contributed by atoms with van der Waals surface area (Å²) in [4.78, 5) is 0. The van der Waals surface area contributed by atoms with Crippen LogP contribution in [-0.4, -0.2) is 3.21 Å². The van der Waals surface area contributed by atoms with Crippen molar-refractivity contribution in [3.8, 4) is 22.3 Å². The van der Waals surface area contributed by atoms with Gasteiger partial charge >= 0.3 is 312 Å². The van der Waals surface area contributed by atoms with E-state index < -0.39 is 21.3 Å². The van der Waals surface area contributed by atoms with Crippen LogP contribution >= 0.6 is 0 Å². The van der Waals surface area contributed by atoms with Crippen LogP contribution in [0.2, 0.25) is 0 Å². The van der Waals surface area contributed by atoms with E-state index in [1.807, 2.05) is 3.21 Å². The van der Waals surface area contributed by atoms with Gasteiger partial charge in [-0.15, -0.1) is 0 Å². The third kappa shape index (κ3) is 6.48. The summed E-state index contributed by atoms with van der Waals surface area (Å²) < 4.78 is 15.7. The van der Waals surface area contributed by atoms with Crippen molar-refractivity contribution in [2.24, 2.45) is 0 Å². The molecule has 0 N–H and O–H groups in total. The van der Waals surface area contributed by atoms with E-state index in [4.69, 9.17) is 8.83 Å². The Kier molecular flexibility index (Phi) is 10.5. The van der Waals surface area contributed by atoms with E-state index in [1.54, 1.807) is 0 Å². The monoisotopic (exact) mass is 812 g/mol. The van der Waals surface area contributed by atoms with Crippen molar-refractivity contribution in [2.45, 2.75) is 68.1 Å². The molecule has 2 unspecified atom stereocenters. The van der Waals surface area contributed by atoms with E-state index in [2.05, 4.69) is 151 Å². The first-order valence-electron chi connectivity index (χ1n) is 18.4. The molecule has 0 bridgehead atoms. The van der Waals surface area contributed by atoms with Crippen LogP contribution in [-0.2, 0) is 21.3 Å². The summed E-state index contributed by atoms with van der Waals surface area (Å²) in [5.41, 5.74) is 19.0. The van der Waals surface area contributed by atoms with Crippen molar-refractivity contribution >= 4 is 26.5 Å². The zero-order valence-corrected chi connectivity index (χ0v) is 35.2. The first-order chi connectivity index (χ1) is 24.7. The van der Waals surface area contributed by atoms with Gasteiger partial charge in [0.15, 0.2) is 0 Å². The zero-order valence-electron chi connectivity index (χ0n) is 31.2. The number of fused-ring (bicyclic) bond motifs is 2. The molecule has 0 spiro atoms. The van der Waals surface area contributed by atoms with Crippen LogP contribution in [0.15, 0.2) is 106 Å². The fraction of sp³-hybridized carbons (Fsp3) is 0.229. The van der Waals surface area contributed by atoms with Gasteiger partial charge in [0.05, 0.1) is 0 Å². The number of halogens is 2. The third-order valence-corrected chi connectivity index (χ3v) is 20.9. The molecule has 0 radical (unpaired) electrons. The van der Waals surface area contributed by atoms with Crippen LogP contribution in [0, 0.1) is 41.5 Å². The molecule has 0 aliphatic heterocycles. The summed E-state index contributed by atoms with van der Waals surface area (Å²) in [7, 11) is 0. The van der Waals surface area contributed by atoms with Gasteiger partial charge < -0.3 is 24.8 Å². The van der Waals surface area contributed by atoms with Gasteiger partial charge in [-0.05, 0) is 0 Å². The first-order valence-corrected chi connectivity index (χ1v) is 22.5. The minimum absolute atomic E-state index is 0. The Balaban J connectivity index is 0.00000218. The van der Waals surface area contributed by atoms with Crippen LogP contribution in [0.3, 0.4) is 0 Å². The normalized spacial score (nSPS) is 16.7. The molecule has 1 fully saturated rings. The number of hydrogen-bond donors (Lipinski definition) is 0. The molecule has 266 valence electrons. The summed E-state index contributed by atoms with van der Waals surface area (Å²) in [5, 5.41) is 0. The van der Waals surface area contributed by atoms with Gasteiger partial charge in [0.1, 0.15) is 0 Å². The molecule has 1 saturated carbocycles. The van der Waals surface area contributed by atoms with Gasteiger partial charge in [-0.3, -0.25) is 0 Å². The summed E-state index contributed by atoms with van der Waals surface area (Å²) in [6, 6.07) is 36.6. The molecule has 3 aliphatic carbocycles. The molecule has 5 heteroatoms. The molecule has 2 heterocycles. The number of allylic oxidation sites excluding steroid dienone is 2. The molecule has 3 aliphatic rings. The van der Waals surface area contributed by atoms with Gasteiger partial charge in [0.25, 0.3) is 0 Å². The average Bonchev–Trinajstić information content (AvgIpc) is 3.89. The maximum absolute atomic E-state index is 6.57. The molecule has 9 rings (SSSR count). The van der Waals surface area contributed by atoms with E-state index in [-0.39, 0.29) is 24.8 Å². The smallest absolute Gasteiger partial charge is 1.00 e. The summed E-state index contributed by atoms with van der Waals surface area (Å²) in [6.07, 6.45) is 8.82. The minimum Gasteiger partial charge on any atom is -1.00 e. The fourth-order valence-corrected chi connectivity index (χ4v) is 19.6. The van der Waals surface area contributed by atoms with Crippen molar-refractivity contribution in [2.75, 3.05) is 0 Å². The maximum Gasteiger partial charge on any atom is -1.00 e. The van der Waals surface area contributed by atoms with E-state index in [9.17, 15) is 0 Å². The number of rotatable bonds is 6. The number of hydrogen-bond acceptors (Lipinski definition) is 2. The number of aryl methyl sites for hydroxylation is 6. The van der Waals surface area contributed by atoms with Crippen molar-refractivity contribution in [1.29, 1.82) is 0 Å². The van der Waals surface area contributed by atoms with Crippen molar-refractivity contribution in [3.05, 3.63) is 165 Å². The quantitative estimate of drug-likeness (QED) is 0.183. The number of benzene rings is 4. The van der Waals surface area contributed by atoms with Gasteiger partial charge in [-0.25, -0.2) is 0 Å². The van der Waals surface area contributed by atoms with E-state index in [1.165, 1.54) is 97.2 Å². The Morgan fingerprint density at radius 1 is 0.491 bits per heavy atom. The Hall–Kier alpha value is -3.75. The molecule has 2 aromatic heterocycles. The topological polar surface area (TPSA) is 26.3 Å². The largest absolute Gasteiger partial charge is 1.00 e. The second-order valence-electron chi connectivity index (χ2n) is 15.1. The van der Waals surface area contributed by atoms with E-state index >= 15 is 0 Å². The Labute approximate surface area is 334 Å². The van der Waals surface area contributed by atoms with Crippen LogP contribution in [0.1, 0.15) is 94.1 Å². The predicted molar refractivity (Wildman–Crippen MR) is 210 cm³/mol. The van der Waals surface area contributed by atoms with Crippen molar-refractivity contribution < 1.29 is 54.9 Å². The molecular formula is C48H44Cl2O2Zr. The summed E-state index contributed by atoms with van der Waals surface area (Å²) in [6.45, 7) is 13.0. The first kappa shape index (κ1) is 37.6. The maximum atomic E-state index is 6.57. The van der Waals surface area contributed by atoms with Crippen LogP contribution in [0.5, 0.6) is 0 Å². The molecule has 53 heavy (non-hydrogen) atoms. The van der Waals surface area contributed by atoms with Gasteiger partial charge in [-0.2, -0.15) is 0 Å². The molecule has 0 amide bonds. The molecule has 2 atom stereocenters. The van der Waals surface area contributed by atoms with E-state index in [0.717, 1.165) is 23.0 Å². The van der Waals surface area contributed by atoms with Gasteiger partial charge in [0.2, 0.25) is 0 Å². The van der Waals surface area contributed by atoms with Crippen LogP contribution in [0.4, 0.5) is 0 Å². The Morgan fingerprint density at radius 3 is 1.25 bits per heavy atom. The molecule has 6 aromatic rings. The summed E-state index contributed by atoms with van der Waals surface area (Å²) in [5.74, 6) is 3.99. The second-order valence-corrected chi connectivity index (χ2v) is 21.9. The minimum atomic E-state index is -2.75. The number of furan rings is 2. The molecule has 4 aromatic carbocycles. The standard InChI is InChI=1S/2C22H19O.C4H6.2ClH.Zr/c2*1-14-4-8-17(9-5-14)22-15(2)6-10-18-12-19(13-20(18)22)21-11-7-16(3)23-21;1-2-4-3-1;;;/h2*4-13H,1-3H3;1-3H2;2*1H;/q;;;;;+2/p-2. The second kappa shape index (κ2) is 14.8. The summed E-state index contributed by atoms with van der Waals surface area (Å²) >= 11 is -2.75. The van der Waals surface area contributed by atoms with Gasteiger partial charge in [0, 0.05) is 0 Å². The molecule has 2 nitrogen and oxygen atoms in total. The molecular weight excluding hydrogens is 771 g/mol. The average molecular weight is 815 g/mol. The Bertz CT molecular complexity index is 2290. The van der Waals surface area contributed by atoms with E-state index in [0.29, 0.717) is 7.25 Å². The zero-order chi connectivity index (χ0) is 35.0.